The minimum Gasteiger partial charge on any atom is -0.454 e. The summed E-state index contributed by atoms with van der Waals surface area (Å²) in [5.74, 6) is -4.78. The number of alkyl halides is 2. The fourth-order valence-corrected chi connectivity index (χ4v) is 3.02. The van der Waals surface area contributed by atoms with Gasteiger partial charge in [-0.2, -0.15) is 8.78 Å². The largest absolute Gasteiger partial charge is 0.454 e. The van der Waals surface area contributed by atoms with Crippen LogP contribution in [0.2, 0.25) is 0 Å². The van der Waals surface area contributed by atoms with E-state index in [4.69, 9.17) is 4.74 Å². The van der Waals surface area contributed by atoms with Gasteiger partial charge in [0.2, 0.25) is 15.6 Å². The molecular formula is C18H16F2O5S. The van der Waals surface area contributed by atoms with Gasteiger partial charge < -0.3 is 4.74 Å². The average Bonchev–Trinajstić information content (AvgIpc) is 2.59. The van der Waals surface area contributed by atoms with Crippen molar-refractivity contribution in [1.82, 2.24) is 0 Å². The highest BCUT2D eigenvalue weighted by Gasteiger charge is 2.26. The van der Waals surface area contributed by atoms with Crippen LogP contribution in [-0.4, -0.2) is 32.5 Å². The first kappa shape index (κ1) is 19.7. The Bertz CT molecular complexity index is 935. The van der Waals surface area contributed by atoms with Gasteiger partial charge in [-0.25, -0.2) is 13.2 Å². The van der Waals surface area contributed by atoms with Crippen molar-refractivity contribution in [2.45, 2.75) is 24.5 Å². The van der Waals surface area contributed by atoms with Crippen LogP contribution in [0.3, 0.4) is 0 Å². The third-order valence-corrected chi connectivity index (χ3v) is 5.07. The third-order valence-electron chi connectivity index (χ3n) is 3.67. The molecule has 26 heavy (non-hydrogen) atoms. The number of rotatable bonds is 6. The number of hydrogen-bond donors (Lipinski definition) is 0. The fraction of sp³-hybridized carbons (Fsp3) is 0.222. The van der Waals surface area contributed by atoms with E-state index in [0.29, 0.717) is 5.56 Å². The number of esters is 1. The van der Waals surface area contributed by atoms with Crippen molar-refractivity contribution in [3.8, 4) is 0 Å². The van der Waals surface area contributed by atoms with Gasteiger partial charge in [-0.1, -0.05) is 23.8 Å². The summed E-state index contributed by atoms with van der Waals surface area (Å²) < 4.78 is 52.5. The predicted molar refractivity (Wildman–Crippen MR) is 90.2 cm³/mol. The zero-order valence-corrected chi connectivity index (χ0v) is 14.8. The summed E-state index contributed by atoms with van der Waals surface area (Å²) in [6.07, 6.45) is 0. The Hall–Kier alpha value is -2.61. The first-order valence-corrected chi connectivity index (χ1v) is 9.07. The first-order chi connectivity index (χ1) is 12.1. The van der Waals surface area contributed by atoms with E-state index in [0.717, 1.165) is 35.4 Å². The van der Waals surface area contributed by atoms with Gasteiger partial charge in [0.25, 0.3) is 0 Å². The molecule has 2 aromatic carbocycles. The van der Waals surface area contributed by atoms with Crippen molar-refractivity contribution >= 4 is 21.6 Å². The van der Waals surface area contributed by atoms with E-state index in [2.05, 4.69) is 0 Å². The lowest BCUT2D eigenvalue weighted by Crippen LogP contribution is -2.16. The minimum absolute atomic E-state index is 0.0494. The van der Waals surface area contributed by atoms with Crippen molar-refractivity contribution in [2.24, 2.45) is 0 Å². The van der Waals surface area contributed by atoms with Gasteiger partial charge in [0, 0.05) is 5.56 Å². The molecule has 138 valence electrons. The smallest absolute Gasteiger partial charge is 0.341 e. The molecular weight excluding hydrogens is 366 g/mol. The number of hydrogen-bond acceptors (Lipinski definition) is 5. The molecule has 2 rings (SSSR count). The van der Waals surface area contributed by atoms with Gasteiger partial charge in [0.1, 0.15) is 0 Å². The normalized spacial score (nSPS) is 11.4. The Morgan fingerprint density at radius 3 is 2.19 bits per heavy atom. The molecule has 0 unspecified atom stereocenters. The van der Waals surface area contributed by atoms with Gasteiger partial charge >= 0.3 is 11.7 Å². The summed E-state index contributed by atoms with van der Waals surface area (Å²) in [5.41, 5.74) is 2.14. The lowest BCUT2D eigenvalue weighted by molar-refractivity contribution is 0.0474. The molecule has 2 aromatic rings. The van der Waals surface area contributed by atoms with Crippen molar-refractivity contribution in [3.05, 3.63) is 64.7 Å². The molecule has 0 aromatic heterocycles. The standard InChI is InChI=1S/C18H16F2O5S/c1-11-3-8-15(12(2)9-11)16(21)10-25-17(22)13-4-6-14(7-5-13)26(23,24)18(19)20/h3-9,18H,10H2,1-2H3. The zero-order valence-electron chi connectivity index (χ0n) is 14.0. The van der Waals surface area contributed by atoms with Gasteiger partial charge in [0.15, 0.2) is 6.61 Å². The Kier molecular flexibility index (Phi) is 5.86. The second-order valence-corrected chi connectivity index (χ2v) is 7.57. The highest BCUT2D eigenvalue weighted by molar-refractivity contribution is 7.91. The third kappa shape index (κ3) is 4.32. The van der Waals surface area contributed by atoms with Crippen molar-refractivity contribution in [1.29, 1.82) is 0 Å². The molecule has 0 spiro atoms. The summed E-state index contributed by atoms with van der Waals surface area (Å²) >= 11 is 0. The molecule has 0 atom stereocenters. The van der Waals surface area contributed by atoms with Gasteiger partial charge in [0.05, 0.1) is 10.5 Å². The summed E-state index contributed by atoms with van der Waals surface area (Å²) in [6.45, 7) is 3.17. The maximum Gasteiger partial charge on any atom is 0.341 e. The highest BCUT2D eigenvalue weighted by atomic mass is 32.2. The fourth-order valence-electron chi connectivity index (χ4n) is 2.30. The molecule has 5 nitrogen and oxygen atoms in total. The van der Waals surface area contributed by atoms with Gasteiger partial charge in [-0.15, -0.1) is 0 Å². The quantitative estimate of drug-likeness (QED) is 0.566. The van der Waals surface area contributed by atoms with E-state index in [1.54, 1.807) is 19.1 Å². The number of ketones is 1. The van der Waals surface area contributed by atoms with Crippen LogP contribution >= 0.6 is 0 Å². The van der Waals surface area contributed by atoms with Crippen LogP contribution < -0.4 is 0 Å². The Morgan fingerprint density at radius 2 is 1.65 bits per heavy atom. The maximum atomic E-state index is 12.5. The molecule has 0 saturated heterocycles. The van der Waals surface area contributed by atoms with Crippen molar-refractivity contribution in [3.63, 3.8) is 0 Å². The van der Waals surface area contributed by atoms with E-state index in [1.807, 2.05) is 13.0 Å². The number of carbonyl (C=O) groups is 2. The van der Waals surface area contributed by atoms with E-state index in [9.17, 15) is 26.8 Å². The molecule has 0 radical (unpaired) electrons. The van der Waals surface area contributed by atoms with Crippen LogP contribution in [0.15, 0.2) is 47.4 Å². The van der Waals surface area contributed by atoms with Crippen LogP contribution in [0.4, 0.5) is 8.78 Å². The van der Waals surface area contributed by atoms with Crippen molar-refractivity contribution < 1.29 is 31.5 Å². The van der Waals surface area contributed by atoms with E-state index in [-0.39, 0.29) is 11.3 Å². The van der Waals surface area contributed by atoms with Gasteiger partial charge in [-0.05, 0) is 43.7 Å². The molecule has 0 aliphatic heterocycles. The SMILES string of the molecule is Cc1ccc(C(=O)COC(=O)c2ccc(S(=O)(=O)C(F)F)cc2)c(C)c1. The minimum atomic E-state index is -4.73. The summed E-state index contributed by atoms with van der Waals surface area (Å²) in [7, 11) is -4.73. The molecule has 0 aliphatic rings. The molecule has 0 heterocycles. The number of sulfone groups is 1. The molecule has 0 aliphatic carbocycles. The lowest BCUT2D eigenvalue weighted by Gasteiger charge is -2.08. The topological polar surface area (TPSA) is 77.5 Å². The van der Waals surface area contributed by atoms with Crippen molar-refractivity contribution in [2.75, 3.05) is 6.61 Å². The highest BCUT2D eigenvalue weighted by Crippen LogP contribution is 2.19. The molecule has 0 N–H and O–H groups in total. The first-order valence-electron chi connectivity index (χ1n) is 7.52. The lowest BCUT2D eigenvalue weighted by atomic mass is 10.0. The number of ether oxygens (including phenoxy) is 1. The number of aryl methyl sites for hydroxylation is 2. The zero-order chi connectivity index (χ0) is 19.5. The monoisotopic (exact) mass is 382 g/mol. The van der Waals surface area contributed by atoms with Crippen LogP contribution in [0.25, 0.3) is 0 Å². The maximum absolute atomic E-state index is 12.5. The van der Waals surface area contributed by atoms with E-state index < -0.39 is 33.1 Å². The molecule has 8 heteroatoms. The van der Waals surface area contributed by atoms with Crippen LogP contribution in [-0.2, 0) is 14.6 Å². The van der Waals surface area contributed by atoms with Crippen LogP contribution in [0, 0.1) is 13.8 Å². The average molecular weight is 382 g/mol. The van der Waals surface area contributed by atoms with Crippen LogP contribution in [0.1, 0.15) is 31.8 Å². The molecule has 0 fully saturated rings. The Labute approximate surface area is 149 Å². The summed E-state index contributed by atoms with van der Waals surface area (Å²) in [5, 5.41) is 0. The number of Topliss-reactive ketones (excluding diaryl/α,β-unsaturated/α-hetero) is 1. The van der Waals surface area contributed by atoms with Gasteiger partial charge in [-0.3, -0.25) is 4.79 Å². The number of benzene rings is 2. The molecule has 0 bridgehead atoms. The second-order valence-electron chi connectivity index (χ2n) is 5.65. The van der Waals surface area contributed by atoms with E-state index >= 15 is 0 Å². The molecule has 0 saturated carbocycles. The second kappa shape index (κ2) is 7.74. The Balaban J connectivity index is 2.05. The van der Waals surface area contributed by atoms with Crippen LogP contribution in [0.5, 0.6) is 0 Å². The Morgan fingerprint density at radius 1 is 1.04 bits per heavy atom. The van der Waals surface area contributed by atoms with E-state index in [1.165, 1.54) is 0 Å². The number of halogens is 2. The molecule has 0 amide bonds. The summed E-state index contributed by atoms with van der Waals surface area (Å²) in [4.78, 5) is 23.5. The predicted octanol–water partition coefficient (Wildman–Crippen LogP) is 3.34. The summed E-state index contributed by atoms with van der Waals surface area (Å²) in [6, 6.07) is 9.14. The number of carbonyl (C=O) groups excluding carboxylic acids is 2.